The highest BCUT2D eigenvalue weighted by atomic mass is 79.9. The van der Waals surface area contributed by atoms with Crippen LogP contribution in [0.1, 0.15) is 32.3 Å². The highest BCUT2D eigenvalue weighted by Crippen LogP contribution is 2.34. The highest BCUT2D eigenvalue weighted by Gasteiger charge is 2.35. The second kappa shape index (κ2) is 6.44. The van der Waals surface area contributed by atoms with Gasteiger partial charge in [-0.2, -0.15) is 0 Å². The fourth-order valence-electron chi connectivity index (χ4n) is 3.00. The minimum Gasteiger partial charge on any atom is -0.469 e. The minimum atomic E-state index is -0.397. The van der Waals surface area contributed by atoms with Crippen molar-refractivity contribution >= 4 is 21.9 Å². The Hall–Kier alpha value is -0.940. The van der Waals surface area contributed by atoms with Crippen LogP contribution in [0.15, 0.2) is 22.7 Å². The Bertz CT molecular complexity index is 525. The molecule has 21 heavy (non-hydrogen) atoms. The van der Waals surface area contributed by atoms with E-state index in [9.17, 15) is 9.18 Å². The van der Waals surface area contributed by atoms with Crippen LogP contribution >= 0.6 is 15.9 Å². The van der Waals surface area contributed by atoms with E-state index in [-0.39, 0.29) is 17.7 Å². The largest absolute Gasteiger partial charge is 0.469 e. The third-order valence-electron chi connectivity index (χ3n) is 4.41. The van der Waals surface area contributed by atoms with Crippen molar-refractivity contribution in [3.05, 3.63) is 34.1 Å². The molecular weight excluding hydrogens is 337 g/mol. The number of piperidine rings is 1. The number of hydrogen-bond donors (Lipinski definition) is 0. The molecule has 2 rings (SSSR count). The van der Waals surface area contributed by atoms with E-state index >= 15 is 0 Å². The summed E-state index contributed by atoms with van der Waals surface area (Å²) in [6.45, 7) is 5.58. The number of rotatable bonds is 3. The van der Waals surface area contributed by atoms with Crippen molar-refractivity contribution in [1.82, 2.24) is 4.90 Å². The summed E-state index contributed by atoms with van der Waals surface area (Å²) < 4.78 is 19.8. The van der Waals surface area contributed by atoms with Gasteiger partial charge >= 0.3 is 5.97 Å². The van der Waals surface area contributed by atoms with Crippen molar-refractivity contribution in [3.8, 4) is 0 Å². The lowest BCUT2D eigenvalue weighted by Crippen LogP contribution is -2.47. The third-order valence-corrected chi connectivity index (χ3v) is 4.90. The summed E-state index contributed by atoms with van der Waals surface area (Å²) in [5, 5.41) is 0. The van der Waals surface area contributed by atoms with Gasteiger partial charge in [0.25, 0.3) is 0 Å². The monoisotopic (exact) mass is 357 g/mol. The summed E-state index contributed by atoms with van der Waals surface area (Å²) in [4.78, 5) is 13.8. The average molecular weight is 358 g/mol. The maximum absolute atomic E-state index is 14.2. The molecule has 3 nitrogen and oxygen atoms in total. The Morgan fingerprint density at radius 2 is 2.00 bits per heavy atom. The SMILES string of the molecule is COC(=O)C1CCN(C(C)(C)c2ccc(Br)cc2F)CC1. The van der Waals surface area contributed by atoms with Crippen LogP contribution in [0.2, 0.25) is 0 Å². The van der Waals surface area contributed by atoms with Crippen molar-refractivity contribution in [2.24, 2.45) is 5.92 Å². The predicted molar refractivity (Wildman–Crippen MR) is 83.4 cm³/mol. The first-order valence-electron chi connectivity index (χ1n) is 7.14. The van der Waals surface area contributed by atoms with E-state index in [0.717, 1.165) is 30.4 Å². The lowest BCUT2D eigenvalue weighted by Gasteiger charge is -2.43. The Morgan fingerprint density at radius 1 is 1.38 bits per heavy atom. The molecule has 1 aromatic rings. The summed E-state index contributed by atoms with van der Waals surface area (Å²) in [6.07, 6.45) is 1.52. The van der Waals surface area contributed by atoms with Crippen LogP contribution in [-0.4, -0.2) is 31.1 Å². The number of methoxy groups -OCH3 is 1. The number of esters is 1. The van der Waals surface area contributed by atoms with Crippen LogP contribution in [0, 0.1) is 11.7 Å². The van der Waals surface area contributed by atoms with Crippen LogP contribution in [0.25, 0.3) is 0 Å². The van der Waals surface area contributed by atoms with E-state index in [1.165, 1.54) is 13.2 Å². The zero-order valence-electron chi connectivity index (χ0n) is 12.7. The van der Waals surface area contributed by atoms with Crippen molar-refractivity contribution in [1.29, 1.82) is 0 Å². The smallest absolute Gasteiger partial charge is 0.308 e. The summed E-state index contributed by atoms with van der Waals surface area (Å²) in [5.41, 5.74) is 0.286. The second-order valence-electron chi connectivity index (χ2n) is 5.97. The van der Waals surface area contributed by atoms with Gasteiger partial charge in [0, 0.05) is 15.6 Å². The summed E-state index contributed by atoms with van der Waals surface area (Å²) >= 11 is 3.29. The van der Waals surface area contributed by atoms with E-state index in [1.54, 1.807) is 0 Å². The number of halogens is 2. The molecule has 0 saturated carbocycles. The molecule has 116 valence electrons. The minimum absolute atomic E-state index is 0.0307. The van der Waals surface area contributed by atoms with Gasteiger partial charge in [0.15, 0.2) is 0 Å². The van der Waals surface area contributed by atoms with E-state index in [4.69, 9.17) is 4.74 Å². The molecule has 0 amide bonds. The number of ether oxygens (including phenoxy) is 1. The number of carbonyl (C=O) groups excluding carboxylic acids is 1. The molecule has 1 heterocycles. The Labute approximate surface area is 133 Å². The van der Waals surface area contributed by atoms with E-state index in [0.29, 0.717) is 5.56 Å². The van der Waals surface area contributed by atoms with Crippen molar-refractivity contribution in [2.45, 2.75) is 32.2 Å². The number of carbonyl (C=O) groups is 1. The number of nitrogens with zero attached hydrogens (tertiary/aromatic N) is 1. The van der Waals surface area contributed by atoms with Gasteiger partial charge < -0.3 is 4.74 Å². The Balaban J connectivity index is 2.12. The standard InChI is InChI=1S/C16H21BrFNO2/c1-16(2,13-5-4-12(17)10-14(13)18)19-8-6-11(7-9-19)15(20)21-3/h4-5,10-11H,6-9H2,1-3H3. The number of likely N-dealkylation sites (tertiary alicyclic amines) is 1. The molecule has 0 radical (unpaired) electrons. The van der Waals surface area contributed by atoms with Crippen molar-refractivity contribution in [3.63, 3.8) is 0 Å². The summed E-state index contributed by atoms with van der Waals surface area (Å²) in [6, 6.07) is 5.19. The maximum atomic E-state index is 14.2. The molecule has 0 aliphatic carbocycles. The molecule has 1 aliphatic rings. The predicted octanol–water partition coefficient (Wildman–Crippen LogP) is 3.71. The topological polar surface area (TPSA) is 29.5 Å². The molecular formula is C16H21BrFNO2. The molecule has 0 N–H and O–H groups in total. The number of hydrogen-bond acceptors (Lipinski definition) is 3. The molecule has 1 saturated heterocycles. The Kier molecular flexibility index (Phi) is 5.04. The molecule has 0 bridgehead atoms. The summed E-state index contributed by atoms with van der Waals surface area (Å²) in [5.74, 6) is -0.372. The quantitative estimate of drug-likeness (QED) is 0.772. The fourth-order valence-corrected chi connectivity index (χ4v) is 3.33. The van der Waals surface area contributed by atoms with Gasteiger partial charge in [-0.3, -0.25) is 9.69 Å². The molecule has 1 aliphatic heterocycles. The zero-order chi connectivity index (χ0) is 15.6. The van der Waals surface area contributed by atoms with Gasteiger partial charge in [0.1, 0.15) is 5.82 Å². The second-order valence-corrected chi connectivity index (χ2v) is 6.88. The maximum Gasteiger partial charge on any atom is 0.308 e. The van der Waals surface area contributed by atoms with Gasteiger partial charge in [-0.05, 0) is 51.9 Å². The van der Waals surface area contributed by atoms with E-state index in [1.807, 2.05) is 26.0 Å². The van der Waals surface area contributed by atoms with E-state index < -0.39 is 5.54 Å². The molecule has 1 aromatic carbocycles. The third kappa shape index (κ3) is 3.46. The molecule has 0 aromatic heterocycles. The first-order chi connectivity index (χ1) is 9.86. The van der Waals surface area contributed by atoms with Gasteiger partial charge in [-0.15, -0.1) is 0 Å². The van der Waals surface area contributed by atoms with Gasteiger partial charge in [-0.25, -0.2) is 4.39 Å². The molecule has 1 fully saturated rings. The van der Waals surface area contributed by atoms with Crippen LogP contribution in [-0.2, 0) is 15.1 Å². The lowest BCUT2D eigenvalue weighted by molar-refractivity contribution is -0.147. The summed E-state index contributed by atoms with van der Waals surface area (Å²) in [7, 11) is 1.43. The molecule has 0 spiro atoms. The zero-order valence-corrected chi connectivity index (χ0v) is 14.2. The van der Waals surface area contributed by atoms with Gasteiger partial charge in [-0.1, -0.05) is 22.0 Å². The van der Waals surface area contributed by atoms with Crippen molar-refractivity contribution in [2.75, 3.05) is 20.2 Å². The fraction of sp³-hybridized carbons (Fsp3) is 0.562. The molecule has 5 heteroatoms. The van der Waals surface area contributed by atoms with Crippen LogP contribution in [0.4, 0.5) is 4.39 Å². The first kappa shape index (κ1) is 16.4. The number of benzene rings is 1. The van der Waals surface area contributed by atoms with Gasteiger partial charge in [0.05, 0.1) is 13.0 Å². The van der Waals surface area contributed by atoms with Crippen LogP contribution < -0.4 is 0 Å². The van der Waals surface area contributed by atoms with Crippen LogP contribution in [0.5, 0.6) is 0 Å². The highest BCUT2D eigenvalue weighted by molar-refractivity contribution is 9.10. The normalized spacial score (nSPS) is 17.8. The van der Waals surface area contributed by atoms with Crippen LogP contribution in [0.3, 0.4) is 0 Å². The van der Waals surface area contributed by atoms with Crippen molar-refractivity contribution < 1.29 is 13.9 Å². The average Bonchev–Trinajstić information content (AvgIpc) is 2.46. The van der Waals surface area contributed by atoms with E-state index in [2.05, 4.69) is 20.8 Å². The molecule has 0 atom stereocenters. The Morgan fingerprint density at radius 3 is 2.52 bits per heavy atom. The lowest BCUT2D eigenvalue weighted by atomic mass is 9.87. The molecule has 0 unspecified atom stereocenters. The van der Waals surface area contributed by atoms with Gasteiger partial charge in [0.2, 0.25) is 0 Å². The first-order valence-corrected chi connectivity index (χ1v) is 7.94.